The summed E-state index contributed by atoms with van der Waals surface area (Å²) in [4.78, 5) is 0.671. The van der Waals surface area contributed by atoms with Crippen LogP contribution in [0, 0.1) is 5.82 Å². The van der Waals surface area contributed by atoms with Crippen LogP contribution in [0.3, 0.4) is 0 Å². The standard InChI is InChI=1S/C15H19BrFN3S/c1-10(2)20-15(11(16)8-19-20)13(18-3)9-21-14-7-5-4-6-12(14)17/h4-8,10,13,18H,9H2,1-3H3. The van der Waals surface area contributed by atoms with Crippen molar-refractivity contribution in [2.24, 2.45) is 0 Å². The molecule has 0 aliphatic rings. The molecule has 6 heteroatoms. The van der Waals surface area contributed by atoms with Crippen LogP contribution in [0.5, 0.6) is 0 Å². The minimum atomic E-state index is -0.172. The van der Waals surface area contributed by atoms with E-state index in [1.54, 1.807) is 6.07 Å². The van der Waals surface area contributed by atoms with E-state index in [-0.39, 0.29) is 17.9 Å². The topological polar surface area (TPSA) is 29.9 Å². The van der Waals surface area contributed by atoms with Gasteiger partial charge in [-0.25, -0.2) is 4.39 Å². The molecule has 0 saturated carbocycles. The summed E-state index contributed by atoms with van der Waals surface area (Å²) < 4.78 is 16.7. The average molecular weight is 372 g/mol. The van der Waals surface area contributed by atoms with Gasteiger partial charge in [0.1, 0.15) is 5.82 Å². The lowest BCUT2D eigenvalue weighted by Crippen LogP contribution is -2.23. The Kier molecular flexibility index (Phi) is 5.84. The molecule has 0 amide bonds. The van der Waals surface area contributed by atoms with Crippen LogP contribution in [0.2, 0.25) is 0 Å². The van der Waals surface area contributed by atoms with Crippen molar-refractivity contribution in [3.63, 3.8) is 0 Å². The van der Waals surface area contributed by atoms with Gasteiger partial charge in [-0.15, -0.1) is 11.8 Å². The number of hydrogen-bond acceptors (Lipinski definition) is 3. The van der Waals surface area contributed by atoms with Gasteiger partial charge >= 0.3 is 0 Å². The predicted octanol–water partition coefficient (Wildman–Crippen LogP) is 4.42. The molecule has 0 bridgehead atoms. The molecule has 1 aromatic carbocycles. The van der Waals surface area contributed by atoms with E-state index >= 15 is 0 Å². The first-order valence-electron chi connectivity index (χ1n) is 6.82. The molecule has 1 aromatic heterocycles. The normalized spacial score (nSPS) is 12.9. The van der Waals surface area contributed by atoms with Crippen LogP contribution in [-0.4, -0.2) is 22.6 Å². The first-order chi connectivity index (χ1) is 10.0. The van der Waals surface area contributed by atoms with E-state index in [1.807, 2.05) is 30.1 Å². The maximum Gasteiger partial charge on any atom is 0.136 e. The summed E-state index contributed by atoms with van der Waals surface area (Å²) in [5.74, 6) is 0.558. The van der Waals surface area contributed by atoms with Gasteiger partial charge in [-0.3, -0.25) is 4.68 Å². The SMILES string of the molecule is CNC(CSc1ccccc1F)c1c(Br)cnn1C(C)C. The highest BCUT2D eigenvalue weighted by Crippen LogP contribution is 2.31. The van der Waals surface area contributed by atoms with Gasteiger partial charge in [0, 0.05) is 16.7 Å². The molecular formula is C15H19BrFN3S. The Balaban J connectivity index is 2.17. The van der Waals surface area contributed by atoms with Crippen LogP contribution in [0.4, 0.5) is 4.39 Å². The molecule has 1 unspecified atom stereocenters. The zero-order valence-corrected chi connectivity index (χ0v) is 14.7. The molecule has 0 fully saturated rings. The van der Waals surface area contributed by atoms with Crippen molar-refractivity contribution in [3.8, 4) is 0 Å². The van der Waals surface area contributed by atoms with Crippen LogP contribution >= 0.6 is 27.7 Å². The van der Waals surface area contributed by atoms with Gasteiger partial charge in [-0.05, 0) is 49.0 Å². The fourth-order valence-electron chi connectivity index (χ4n) is 2.12. The van der Waals surface area contributed by atoms with Crippen LogP contribution in [-0.2, 0) is 0 Å². The summed E-state index contributed by atoms with van der Waals surface area (Å²) in [5, 5.41) is 7.70. The Morgan fingerprint density at radius 3 is 2.71 bits per heavy atom. The minimum absolute atomic E-state index is 0.0916. The highest BCUT2D eigenvalue weighted by molar-refractivity contribution is 9.10. The molecule has 2 aromatic rings. The number of nitrogens with one attached hydrogen (secondary N) is 1. The molecule has 0 aliphatic heterocycles. The summed E-state index contributed by atoms with van der Waals surface area (Å²) in [5.41, 5.74) is 1.09. The van der Waals surface area contributed by atoms with E-state index in [1.165, 1.54) is 17.8 Å². The van der Waals surface area contributed by atoms with Crippen molar-refractivity contribution in [3.05, 3.63) is 46.4 Å². The molecule has 1 N–H and O–H groups in total. The van der Waals surface area contributed by atoms with Crippen molar-refractivity contribution < 1.29 is 4.39 Å². The number of rotatable bonds is 6. The van der Waals surface area contributed by atoms with Crippen molar-refractivity contribution in [2.45, 2.75) is 30.8 Å². The van der Waals surface area contributed by atoms with E-state index in [9.17, 15) is 4.39 Å². The van der Waals surface area contributed by atoms with Gasteiger partial charge in [-0.2, -0.15) is 5.10 Å². The summed E-state index contributed by atoms with van der Waals surface area (Å²) in [6.07, 6.45) is 1.81. The van der Waals surface area contributed by atoms with E-state index in [4.69, 9.17) is 0 Å². The average Bonchev–Trinajstić information content (AvgIpc) is 2.84. The lowest BCUT2D eigenvalue weighted by Gasteiger charge is -2.20. The number of thioether (sulfide) groups is 1. The third kappa shape index (κ3) is 3.87. The Morgan fingerprint density at radius 2 is 2.10 bits per heavy atom. The van der Waals surface area contributed by atoms with Gasteiger partial charge < -0.3 is 5.32 Å². The van der Waals surface area contributed by atoms with Crippen molar-refractivity contribution >= 4 is 27.7 Å². The molecule has 114 valence electrons. The summed E-state index contributed by atoms with van der Waals surface area (Å²) in [6, 6.07) is 7.23. The highest BCUT2D eigenvalue weighted by atomic mass is 79.9. The van der Waals surface area contributed by atoms with E-state index in [0.717, 1.165) is 15.9 Å². The second-order valence-electron chi connectivity index (χ2n) is 5.00. The minimum Gasteiger partial charge on any atom is -0.311 e. The fourth-order valence-corrected chi connectivity index (χ4v) is 3.72. The van der Waals surface area contributed by atoms with Crippen LogP contribution < -0.4 is 5.32 Å². The van der Waals surface area contributed by atoms with E-state index in [2.05, 4.69) is 40.2 Å². The monoisotopic (exact) mass is 371 g/mol. The first-order valence-corrected chi connectivity index (χ1v) is 8.60. The lowest BCUT2D eigenvalue weighted by molar-refractivity contribution is 0.476. The van der Waals surface area contributed by atoms with Crippen molar-refractivity contribution in [1.29, 1.82) is 0 Å². The Labute approximate surface area is 137 Å². The summed E-state index contributed by atoms with van der Waals surface area (Å²) in [7, 11) is 1.91. The lowest BCUT2D eigenvalue weighted by atomic mass is 10.2. The van der Waals surface area contributed by atoms with Crippen molar-refractivity contribution in [2.75, 3.05) is 12.8 Å². The smallest absolute Gasteiger partial charge is 0.136 e. The van der Waals surface area contributed by atoms with Crippen LogP contribution in [0.25, 0.3) is 0 Å². The molecule has 21 heavy (non-hydrogen) atoms. The van der Waals surface area contributed by atoms with Gasteiger partial charge in [0.25, 0.3) is 0 Å². The molecule has 3 nitrogen and oxygen atoms in total. The molecule has 0 radical (unpaired) electrons. The van der Waals surface area contributed by atoms with Crippen LogP contribution in [0.15, 0.2) is 39.8 Å². The summed E-state index contributed by atoms with van der Waals surface area (Å²) >= 11 is 5.07. The fraction of sp³-hybridized carbons (Fsp3) is 0.400. The Hall–Kier alpha value is -0.850. The van der Waals surface area contributed by atoms with Gasteiger partial charge in [-0.1, -0.05) is 12.1 Å². The summed E-state index contributed by atoms with van der Waals surface area (Å²) in [6.45, 7) is 4.19. The van der Waals surface area contributed by atoms with Gasteiger partial charge in [0.2, 0.25) is 0 Å². The second kappa shape index (κ2) is 7.42. The van der Waals surface area contributed by atoms with E-state index < -0.39 is 0 Å². The molecule has 0 spiro atoms. The zero-order valence-electron chi connectivity index (χ0n) is 12.3. The van der Waals surface area contributed by atoms with E-state index in [0.29, 0.717) is 4.90 Å². The first kappa shape index (κ1) is 16.5. The Bertz CT molecular complexity index is 600. The number of hydrogen-bond donors (Lipinski definition) is 1. The predicted molar refractivity (Wildman–Crippen MR) is 89.2 cm³/mol. The maximum absolute atomic E-state index is 13.7. The third-order valence-corrected chi connectivity index (χ3v) is 4.95. The quantitative estimate of drug-likeness (QED) is 0.762. The van der Waals surface area contributed by atoms with Gasteiger partial charge in [0.15, 0.2) is 0 Å². The molecule has 1 heterocycles. The number of halogens is 2. The zero-order chi connectivity index (χ0) is 15.4. The molecule has 2 rings (SSSR count). The Morgan fingerprint density at radius 1 is 1.38 bits per heavy atom. The molecule has 0 saturated heterocycles. The largest absolute Gasteiger partial charge is 0.311 e. The molecule has 0 aliphatic carbocycles. The van der Waals surface area contributed by atoms with Crippen LogP contribution in [0.1, 0.15) is 31.6 Å². The second-order valence-corrected chi connectivity index (χ2v) is 6.91. The molecular weight excluding hydrogens is 353 g/mol. The number of benzene rings is 1. The highest BCUT2D eigenvalue weighted by Gasteiger charge is 2.20. The van der Waals surface area contributed by atoms with Crippen molar-refractivity contribution in [1.82, 2.24) is 15.1 Å². The maximum atomic E-state index is 13.7. The number of aromatic nitrogens is 2. The third-order valence-electron chi connectivity index (χ3n) is 3.20. The molecule has 1 atom stereocenters. The van der Waals surface area contributed by atoms with Gasteiger partial charge in [0.05, 0.1) is 22.4 Å². The number of nitrogens with zero attached hydrogens (tertiary/aromatic N) is 2.